The summed E-state index contributed by atoms with van der Waals surface area (Å²) in [6, 6.07) is 12.6. The number of pyridine rings is 1. The molecule has 7 heteroatoms. The Bertz CT molecular complexity index is 925. The molecule has 2 aliphatic rings. The topological polar surface area (TPSA) is 54.3 Å². The fourth-order valence-corrected chi connectivity index (χ4v) is 4.42. The van der Waals surface area contributed by atoms with Gasteiger partial charge in [-0.05, 0) is 54.9 Å². The van der Waals surface area contributed by atoms with E-state index in [1.54, 1.807) is 18.2 Å². The van der Waals surface area contributed by atoms with Crippen molar-refractivity contribution >= 4 is 39.2 Å². The molecule has 26 heavy (non-hydrogen) atoms. The zero-order valence-electron chi connectivity index (χ0n) is 14.0. The molecule has 1 fully saturated rings. The quantitative estimate of drug-likeness (QED) is 0.705. The lowest BCUT2D eigenvalue weighted by Gasteiger charge is -2.43. The largest absolute Gasteiger partial charge is 0.348 e. The van der Waals surface area contributed by atoms with Crippen molar-refractivity contribution < 1.29 is 4.79 Å². The zero-order valence-corrected chi connectivity index (χ0v) is 16.4. The number of nitrogens with zero attached hydrogens (tertiary/aromatic N) is 2. The Morgan fingerprint density at radius 2 is 1.88 bits per heavy atom. The first kappa shape index (κ1) is 17.4. The molecule has 1 amide bonds. The molecule has 2 bridgehead atoms. The number of fused-ring (bicyclic) bond motifs is 4. The van der Waals surface area contributed by atoms with Gasteiger partial charge in [0, 0.05) is 47.3 Å². The van der Waals surface area contributed by atoms with Crippen molar-refractivity contribution in [1.29, 1.82) is 0 Å². The van der Waals surface area contributed by atoms with Crippen LogP contribution in [0.15, 0.2) is 51.7 Å². The third kappa shape index (κ3) is 3.33. The number of halogens is 1. The minimum atomic E-state index is -0.199. The fourth-order valence-electron chi connectivity index (χ4n) is 3.91. The first-order valence-electron chi connectivity index (χ1n) is 8.57. The van der Waals surface area contributed by atoms with Gasteiger partial charge in [-0.25, -0.2) is 0 Å². The van der Waals surface area contributed by atoms with Gasteiger partial charge in [-0.2, -0.15) is 0 Å². The van der Waals surface area contributed by atoms with E-state index in [0.717, 1.165) is 29.7 Å². The molecule has 1 aromatic carbocycles. The van der Waals surface area contributed by atoms with Crippen LogP contribution < -0.4 is 10.9 Å². The van der Waals surface area contributed by atoms with E-state index in [0.29, 0.717) is 23.1 Å². The monoisotopic (exact) mass is 431 g/mol. The molecule has 134 valence electrons. The normalized spacial score (nSPS) is 21.0. The molecule has 0 radical (unpaired) electrons. The highest BCUT2D eigenvalue weighted by Gasteiger charge is 2.35. The summed E-state index contributed by atoms with van der Waals surface area (Å²) in [4.78, 5) is 26.6. The van der Waals surface area contributed by atoms with Gasteiger partial charge in [0.2, 0.25) is 0 Å². The molecular weight excluding hydrogens is 414 g/mol. The second-order valence-electron chi connectivity index (χ2n) is 6.87. The number of rotatable bonds is 1. The molecule has 0 aliphatic carbocycles. The van der Waals surface area contributed by atoms with Gasteiger partial charge in [0.15, 0.2) is 5.11 Å². The van der Waals surface area contributed by atoms with E-state index in [1.165, 1.54) is 0 Å². The number of hydrogen-bond donors (Lipinski definition) is 1. The van der Waals surface area contributed by atoms with E-state index >= 15 is 0 Å². The van der Waals surface area contributed by atoms with Gasteiger partial charge < -0.3 is 9.47 Å². The standard InChI is InChI=1S/C19H18BrN3O2S/c20-15-6-4-13(5-7-15)18(25)21-19(26)22-9-12-8-14(11-22)16-2-1-3-17(24)23(16)10-12/h1-7,12,14H,8-11H2,(H,21,25,26)/t12-,14?/m1/s1. The summed E-state index contributed by atoms with van der Waals surface area (Å²) in [7, 11) is 0. The molecule has 2 atom stereocenters. The van der Waals surface area contributed by atoms with Crippen LogP contribution in [0.2, 0.25) is 0 Å². The van der Waals surface area contributed by atoms with E-state index in [-0.39, 0.29) is 17.4 Å². The molecule has 1 N–H and O–H groups in total. The number of amides is 1. The third-order valence-electron chi connectivity index (χ3n) is 5.09. The lowest BCUT2D eigenvalue weighted by molar-refractivity contribution is 0.0968. The maximum atomic E-state index is 12.4. The molecule has 1 saturated heterocycles. The van der Waals surface area contributed by atoms with Crippen LogP contribution >= 0.6 is 28.1 Å². The summed E-state index contributed by atoms with van der Waals surface area (Å²) in [6.45, 7) is 2.20. The van der Waals surface area contributed by atoms with Gasteiger partial charge in [-0.15, -0.1) is 0 Å². The Labute approximate surface area is 165 Å². The number of thiocarbonyl (C=S) groups is 1. The minimum absolute atomic E-state index is 0.0665. The van der Waals surface area contributed by atoms with Crippen molar-refractivity contribution in [2.24, 2.45) is 5.92 Å². The average molecular weight is 432 g/mol. The highest BCUT2D eigenvalue weighted by atomic mass is 79.9. The van der Waals surface area contributed by atoms with Crippen LogP contribution in [-0.4, -0.2) is 33.6 Å². The predicted octanol–water partition coefficient (Wildman–Crippen LogP) is 2.74. The smallest absolute Gasteiger partial charge is 0.257 e. The molecule has 4 rings (SSSR count). The number of nitrogens with one attached hydrogen (secondary N) is 1. The number of piperidine rings is 1. The van der Waals surface area contributed by atoms with Crippen LogP contribution in [0.5, 0.6) is 0 Å². The van der Waals surface area contributed by atoms with Crippen molar-refractivity contribution in [2.75, 3.05) is 13.1 Å². The van der Waals surface area contributed by atoms with E-state index in [1.807, 2.05) is 28.8 Å². The first-order valence-corrected chi connectivity index (χ1v) is 9.77. The SMILES string of the molecule is O=C(NC(=S)N1CC2C[C@H](C1)Cn1c2cccc1=O)c1ccc(Br)cc1. The highest BCUT2D eigenvalue weighted by Crippen LogP contribution is 2.34. The molecule has 0 saturated carbocycles. The highest BCUT2D eigenvalue weighted by molar-refractivity contribution is 9.10. The lowest BCUT2D eigenvalue weighted by atomic mass is 9.83. The zero-order chi connectivity index (χ0) is 18.3. The second kappa shape index (κ2) is 6.96. The van der Waals surface area contributed by atoms with Gasteiger partial charge in [0.05, 0.1) is 0 Å². The summed E-state index contributed by atoms with van der Waals surface area (Å²) in [5, 5.41) is 3.30. The van der Waals surface area contributed by atoms with Gasteiger partial charge >= 0.3 is 0 Å². The Morgan fingerprint density at radius 3 is 2.65 bits per heavy atom. The van der Waals surface area contributed by atoms with Crippen molar-refractivity contribution in [1.82, 2.24) is 14.8 Å². The van der Waals surface area contributed by atoms with E-state index in [9.17, 15) is 9.59 Å². The van der Waals surface area contributed by atoms with Gasteiger partial charge in [0.1, 0.15) is 0 Å². The number of carbonyl (C=O) groups is 1. The van der Waals surface area contributed by atoms with E-state index < -0.39 is 0 Å². The lowest BCUT2D eigenvalue weighted by Crippen LogP contribution is -2.52. The summed E-state index contributed by atoms with van der Waals surface area (Å²) >= 11 is 8.86. The molecular formula is C19H18BrN3O2S. The van der Waals surface area contributed by atoms with Crippen molar-refractivity contribution in [3.05, 3.63) is 68.5 Å². The van der Waals surface area contributed by atoms with Crippen LogP contribution in [0.25, 0.3) is 0 Å². The number of hydrogen-bond acceptors (Lipinski definition) is 3. The van der Waals surface area contributed by atoms with E-state index in [4.69, 9.17) is 12.2 Å². The maximum Gasteiger partial charge on any atom is 0.257 e. The van der Waals surface area contributed by atoms with Crippen LogP contribution in [0, 0.1) is 5.92 Å². The fraction of sp³-hybridized carbons (Fsp3) is 0.316. The van der Waals surface area contributed by atoms with Gasteiger partial charge in [0.25, 0.3) is 11.5 Å². The van der Waals surface area contributed by atoms with Crippen molar-refractivity contribution in [3.63, 3.8) is 0 Å². The van der Waals surface area contributed by atoms with Crippen LogP contribution in [0.4, 0.5) is 0 Å². The van der Waals surface area contributed by atoms with Crippen molar-refractivity contribution in [3.8, 4) is 0 Å². The Morgan fingerprint density at radius 1 is 1.12 bits per heavy atom. The molecule has 1 aromatic heterocycles. The molecule has 3 heterocycles. The number of aromatic nitrogens is 1. The van der Waals surface area contributed by atoms with Crippen LogP contribution in [0.1, 0.15) is 28.4 Å². The number of benzene rings is 1. The molecule has 1 unspecified atom stereocenters. The minimum Gasteiger partial charge on any atom is -0.348 e. The summed E-state index contributed by atoms with van der Waals surface area (Å²) in [5.41, 5.74) is 1.71. The summed E-state index contributed by atoms with van der Waals surface area (Å²) in [5.74, 6) is 0.428. The Kier molecular flexibility index (Phi) is 4.67. The predicted molar refractivity (Wildman–Crippen MR) is 107 cm³/mol. The van der Waals surface area contributed by atoms with Crippen molar-refractivity contribution in [2.45, 2.75) is 18.9 Å². The number of likely N-dealkylation sites (tertiary alicyclic amines) is 1. The Balaban J connectivity index is 1.48. The maximum absolute atomic E-state index is 12.4. The van der Waals surface area contributed by atoms with Gasteiger partial charge in [-0.1, -0.05) is 22.0 Å². The summed E-state index contributed by atoms with van der Waals surface area (Å²) in [6.07, 6.45) is 1.06. The Hall–Kier alpha value is -1.99. The van der Waals surface area contributed by atoms with Crippen LogP contribution in [0.3, 0.4) is 0 Å². The first-order chi connectivity index (χ1) is 12.5. The average Bonchev–Trinajstić information content (AvgIpc) is 2.63. The molecule has 5 nitrogen and oxygen atoms in total. The van der Waals surface area contributed by atoms with Gasteiger partial charge in [-0.3, -0.25) is 14.9 Å². The molecule has 2 aliphatic heterocycles. The second-order valence-corrected chi connectivity index (χ2v) is 8.17. The number of carbonyl (C=O) groups excluding carboxylic acids is 1. The summed E-state index contributed by atoms with van der Waals surface area (Å²) < 4.78 is 2.81. The molecule has 2 aromatic rings. The van der Waals surface area contributed by atoms with E-state index in [2.05, 4.69) is 26.1 Å². The third-order valence-corrected chi connectivity index (χ3v) is 5.98. The molecule has 0 spiro atoms. The van der Waals surface area contributed by atoms with Crippen LogP contribution in [-0.2, 0) is 6.54 Å².